The van der Waals surface area contributed by atoms with Gasteiger partial charge in [0.1, 0.15) is 11.9 Å². The molecule has 2 heterocycles. The molecule has 0 atom stereocenters. The molecule has 28 heavy (non-hydrogen) atoms. The van der Waals surface area contributed by atoms with E-state index in [-0.39, 0.29) is 11.7 Å². The minimum absolute atomic E-state index is 0.0680. The van der Waals surface area contributed by atoms with Gasteiger partial charge < -0.3 is 9.72 Å². The van der Waals surface area contributed by atoms with E-state index in [9.17, 15) is 4.79 Å². The number of pyridine rings is 1. The van der Waals surface area contributed by atoms with Gasteiger partial charge in [0.2, 0.25) is 0 Å². The molecule has 1 aliphatic rings. The molecule has 0 bridgehead atoms. The summed E-state index contributed by atoms with van der Waals surface area (Å²) >= 11 is 12.2. The molecule has 1 aromatic heterocycles. The number of ether oxygens (including phenoxy) is 1. The van der Waals surface area contributed by atoms with Crippen molar-refractivity contribution in [3.8, 4) is 5.75 Å². The quantitative estimate of drug-likeness (QED) is 0.636. The van der Waals surface area contributed by atoms with Crippen molar-refractivity contribution in [1.29, 1.82) is 0 Å². The van der Waals surface area contributed by atoms with E-state index >= 15 is 0 Å². The highest BCUT2D eigenvalue weighted by Crippen LogP contribution is 2.25. The van der Waals surface area contributed by atoms with Crippen molar-refractivity contribution in [2.45, 2.75) is 32.4 Å². The predicted octanol–water partition coefficient (Wildman–Crippen LogP) is 5.19. The van der Waals surface area contributed by atoms with Gasteiger partial charge in [-0.05, 0) is 72.7 Å². The van der Waals surface area contributed by atoms with Gasteiger partial charge in [-0.3, -0.25) is 9.69 Å². The number of aromatic amines is 1. The Labute approximate surface area is 174 Å². The Morgan fingerprint density at radius 2 is 1.79 bits per heavy atom. The summed E-state index contributed by atoms with van der Waals surface area (Å²) in [6.45, 7) is 4.75. The van der Waals surface area contributed by atoms with Crippen molar-refractivity contribution < 1.29 is 4.74 Å². The van der Waals surface area contributed by atoms with Crippen molar-refractivity contribution in [1.82, 2.24) is 9.88 Å². The van der Waals surface area contributed by atoms with Crippen LogP contribution in [-0.4, -0.2) is 29.1 Å². The number of hydrogen-bond acceptors (Lipinski definition) is 3. The maximum atomic E-state index is 11.9. The van der Waals surface area contributed by atoms with Gasteiger partial charge in [0, 0.05) is 41.3 Å². The lowest BCUT2D eigenvalue weighted by molar-refractivity contribution is 0.0969. The number of rotatable bonds is 4. The van der Waals surface area contributed by atoms with E-state index < -0.39 is 0 Å². The average Bonchev–Trinajstić information content (AvgIpc) is 2.66. The number of aromatic nitrogens is 1. The van der Waals surface area contributed by atoms with E-state index in [1.165, 1.54) is 0 Å². The number of halogens is 2. The van der Waals surface area contributed by atoms with Gasteiger partial charge in [-0.15, -0.1) is 0 Å². The second-order valence-electron chi connectivity index (χ2n) is 7.38. The second-order valence-corrected chi connectivity index (χ2v) is 8.25. The maximum absolute atomic E-state index is 11.9. The molecule has 3 aromatic rings. The third-order valence-electron chi connectivity index (χ3n) is 5.25. The molecule has 146 valence electrons. The van der Waals surface area contributed by atoms with Gasteiger partial charge in [0.15, 0.2) is 0 Å². The first-order valence-corrected chi connectivity index (χ1v) is 10.2. The van der Waals surface area contributed by atoms with Crippen molar-refractivity contribution >= 4 is 34.0 Å². The highest BCUT2D eigenvalue weighted by atomic mass is 35.5. The standard InChI is InChI=1S/C22H22Cl2N2O2/c1-14-12-25-22(27)20-3-2-19(11-21(14)20)28-18-4-6-26(7-5-18)13-15-8-16(23)10-17(24)9-15/h2-3,8-12,18H,4-7,13H2,1H3,(H,25,27). The van der Waals surface area contributed by atoms with Gasteiger partial charge in [-0.2, -0.15) is 0 Å². The van der Waals surface area contributed by atoms with Crippen LogP contribution in [0.25, 0.3) is 10.8 Å². The minimum atomic E-state index is -0.0680. The number of hydrogen-bond donors (Lipinski definition) is 1. The zero-order valence-corrected chi connectivity index (χ0v) is 17.2. The molecule has 2 aromatic carbocycles. The van der Waals surface area contributed by atoms with Crippen LogP contribution in [0.5, 0.6) is 5.75 Å². The van der Waals surface area contributed by atoms with Crippen LogP contribution in [0.3, 0.4) is 0 Å². The van der Waals surface area contributed by atoms with Crippen LogP contribution in [0.2, 0.25) is 10.0 Å². The molecule has 0 spiro atoms. The number of nitrogens with one attached hydrogen (secondary N) is 1. The van der Waals surface area contributed by atoms with Crippen LogP contribution in [0.15, 0.2) is 47.4 Å². The molecule has 6 heteroatoms. The Balaban J connectivity index is 1.38. The molecule has 4 rings (SSSR count). The number of H-pyrrole nitrogens is 1. The molecule has 1 saturated heterocycles. The first-order chi connectivity index (χ1) is 13.5. The molecule has 0 amide bonds. The summed E-state index contributed by atoms with van der Waals surface area (Å²) in [5.41, 5.74) is 2.10. The molecule has 0 unspecified atom stereocenters. The maximum Gasteiger partial charge on any atom is 0.255 e. The first kappa shape index (κ1) is 19.3. The summed E-state index contributed by atoms with van der Waals surface area (Å²) in [5, 5.41) is 2.98. The summed E-state index contributed by atoms with van der Waals surface area (Å²) in [7, 11) is 0. The van der Waals surface area contributed by atoms with Crippen molar-refractivity contribution in [3.05, 3.63) is 74.1 Å². The molecule has 1 aliphatic heterocycles. The first-order valence-electron chi connectivity index (χ1n) is 9.44. The van der Waals surface area contributed by atoms with E-state index in [4.69, 9.17) is 27.9 Å². The fraction of sp³-hybridized carbons (Fsp3) is 0.318. The topological polar surface area (TPSA) is 45.3 Å². The average molecular weight is 417 g/mol. The Bertz CT molecular complexity index is 1040. The number of benzene rings is 2. The Morgan fingerprint density at radius 1 is 1.07 bits per heavy atom. The zero-order chi connectivity index (χ0) is 19.7. The molecule has 0 saturated carbocycles. The van der Waals surface area contributed by atoms with E-state index in [1.807, 2.05) is 37.3 Å². The van der Waals surface area contributed by atoms with E-state index in [0.717, 1.165) is 54.7 Å². The van der Waals surface area contributed by atoms with Crippen molar-refractivity contribution in [2.75, 3.05) is 13.1 Å². The Kier molecular flexibility index (Phi) is 5.63. The number of likely N-dealkylation sites (tertiary alicyclic amines) is 1. The summed E-state index contributed by atoms with van der Waals surface area (Å²) in [5.74, 6) is 0.821. The summed E-state index contributed by atoms with van der Waals surface area (Å²) in [6, 6.07) is 11.4. The lowest BCUT2D eigenvalue weighted by atomic mass is 10.1. The fourth-order valence-corrected chi connectivity index (χ4v) is 4.36. The van der Waals surface area contributed by atoms with Crippen LogP contribution < -0.4 is 10.3 Å². The molecule has 1 fully saturated rings. The van der Waals surface area contributed by atoms with Gasteiger partial charge in [-0.25, -0.2) is 0 Å². The lowest BCUT2D eigenvalue weighted by Crippen LogP contribution is -2.37. The third kappa shape index (κ3) is 4.35. The summed E-state index contributed by atoms with van der Waals surface area (Å²) in [4.78, 5) is 17.1. The molecule has 0 radical (unpaired) electrons. The number of nitrogens with zero attached hydrogens (tertiary/aromatic N) is 1. The molecule has 1 N–H and O–H groups in total. The zero-order valence-electron chi connectivity index (χ0n) is 15.7. The number of fused-ring (bicyclic) bond motifs is 1. The molecule has 0 aliphatic carbocycles. The van der Waals surface area contributed by atoms with Crippen molar-refractivity contribution in [3.63, 3.8) is 0 Å². The molecular weight excluding hydrogens is 395 g/mol. The smallest absolute Gasteiger partial charge is 0.255 e. The minimum Gasteiger partial charge on any atom is -0.490 e. The van der Waals surface area contributed by atoms with E-state index in [0.29, 0.717) is 15.4 Å². The summed E-state index contributed by atoms with van der Waals surface area (Å²) in [6.07, 6.45) is 3.84. The Hall–Kier alpha value is -2.01. The normalized spacial score (nSPS) is 15.8. The Morgan fingerprint density at radius 3 is 2.50 bits per heavy atom. The number of aryl methyl sites for hydroxylation is 1. The number of piperidine rings is 1. The van der Waals surface area contributed by atoms with Crippen LogP contribution in [0.1, 0.15) is 24.0 Å². The fourth-order valence-electron chi connectivity index (χ4n) is 3.79. The highest BCUT2D eigenvalue weighted by Gasteiger charge is 2.21. The van der Waals surface area contributed by atoms with Gasteiger partial charge in [0.25, 0.3) is 5.56 Å². The third-order valence-corrected chi connectivity index (χ3v) is 5.68. The largest absolute Gasteiger partial charge is 0.490 e. The van der Waals surface area contributed by atoms with Crippen LogP contribution in [0.4, 0.5) is 0 Å². The monoisotopic (exact) mass is 416 g/mol. The predicted molar refractivity (Wildman–Crippen MR) is 115 cm³/mol. The van der Waals surface area contributed by atoms with Gasteiger partial charge >= 0.3 is 0 Å². The van der Waals surface area contributed by atoms with Crippen LogP contribution >= 0.6 is 23.2 Å². The van der Waals surface area contributed by atoms with Crippen molar-refractivity contribution in [2.24, 2.45) is 0 Å². The van der Waals surface area contributed by atoms with Gasteiger partial charge in [-0.1, -0.05) is 23.2 Å². The van der Waals surface area contributed by atoms with E-state index in [1.54, 1.807) is 12.3 Å². The molecule has 4 nitrogen and oxygen atoms in total. The SMILES string of the molecule is Cc1c[nH]c(=O)c2ccc(OC3CCN(Cc4cc(Cl)cc(Cl)c4)CC3)cc12. The van der Waals surface area contributed by atoms with E-state index in [2.05, 4.69) is 9.88 Å². The lowest BCUT2D eigenvalue weighted by Gasteiger charge is -2.32. The van der Waals surface area contributed by atoms with Crippen LogP contribution in [-0.2, 0) is 6.54 Å². The molecular formula is C22H22Cl2N2O2. The second kappa shape index (κ2) is 8.16. The van der Waals surface area contributed by atoms with Gasteiger partial charge in [0.05, 0.1) is 0 Å². The summed E-state index contributed by atoms with van der Waals surface area (Å²) < 4.78 is 6.21. The van der Waals surface area contributed by atoms with Crippen LogP contribution in [0, 0.1) is 6.92 Å². The highest BCUT2D eigenvalue weighted by molar-refractivity contribution is 6.34.